The summed E-state index contributed by atoms with van der Waals surface area (Å²) >= 11 is 0. The van der Waals surface area contributed by atoms with Crippen LogP contribution in [-0.2, 0) is 10.0 Å². The average molecular weight is 496 g/mol. The van der Waals surface area contributed by atoms with E-state index in [0.29, 0.717) is 30.1 Å². The molecule has 1 aliphatic heterocycles. The van der Waals surface area contributed by atoms with Crippen molar-refractivity contribution in [3.8, 4) is 22.6 Å². The molecule has 8 heteroatoms. The number of piperazine rings is 1. The van der Waals surface area contributed by atoms with Crippen LogP contribution in [0.25, 0.3) is 11.1 Å². The van der Waals surface area contributed by atoms with Gasteiger partial charge in [-0.25, -0.2) is 8.42 Å². The van der Waals surface area contributed by atoms with Gasteiger partial charge in [0.05, 0.1) is 24.3 Å². The molecular formula is C27H33N3O4S. The number of methoxy groups -OCH3 is 1. The quantitative estimate of drug-likeness (QED) is 0.470. The van der Waals surface area contributed by atoms with Crippen LogP contribution in [0.2, 0.25) is 0 Å². The van der Waals surface area contributed by atoms with E-state index in [0.717, 1.165) is 35.7 Å². The van der Waals surface area contributed by atoms with Crippen molar-refractivity contribution in [3.05, 3.63) is 66.7 Å². The van der Waals surface area contributed by atoms with Crippen molar-refractivity contribution >= 4 is 21.4 Å². The van der Waals surface area contributed by atoms with E-state index in [9.17, 15) is 8.42 Å². The number of hydrogen-bond donors (Lipinski definition) is 2. The van der Waals surface area contributed by atoms with Crippen LogP contribution in [0.4, 0.5) is 11.4 Å². The summed E-state index contributed by atoms with van der Waals surface area (Å²) < 4.78 is 40.4. The molecule has 2 unspecified atom stereocenters. The second kappa shape index (κ2) is 10.6. The van der Waals surface area contributed by atoms with Gasteiger partial charge in [0.1, 0.15) is 11.5 Å². The molecule has 35 heavy (non-hydrogen) atoms. The lowest BCUT2D eigenvalue weighted by molar-refractivity contribution is 0.341. The van der Waals surface area contributed by atoms with Crippen molar-refractivity contribution in [2.24, 2.45) is 0 Å². The lowest BCUT2D eigenvalue weighted by Crippen LogP contribution is -2.54. The molecule has 0 spiro atoms. The maximum Gasteiger partial charge on any atom is 0.262 e. The van der Waals surface area contributed by atoms with Gasteiger partial charge in [0, 0.05) is 36.4 Å². The molecule has 1 fully saturated rings. The number of sulfonamides is 1. The van der Waals surface area contributed by atoms with Gasteiger partial charge in [-0.2, -0.15) is 0 Å². The monoisotopic (exact) mass is 495 g/mol. The number of ether oxygens (including phenoxy) is 2. The number of benzene rings is 3. The van der Waals surface area contributed by atoms with E-state index in [1.54, 1.807) is 30.3 Å². The van der Waals surface area contributed by atoms with Gasteiger partial charge in [0.25, 0.3) is 10.0 Å². The van der Waals surface area contributed by atoms with E-state index in [-0.39, 0.29) is 4.90 Å². The van der Waals surface area contributed by atoms with E-state index >= 15 is 0 Å². The zero-order chi connectivity index (χ0) is 25.0. The minimum Gasteiger partial charge on any atom is -0.495 e. The highest BCUT2D eigenvalue weighted by molar-refractivity contribution is 7.92. The largest absolute Gasteiger partial charge is 0.495 e. The zero-order valence-corrected chi connectivity index (χ0v) is 21.4. The number of para-hydroxylation sites is 1. The lowest BCUT2D eigenvalue weighted by atomic mass is 10.1. The molecule has 1 aliphatic rings. The van der Waals surface area contributed by atoms with E-state index < -0.39 is 10.0 Å². The third-order valence-electron chi connectivity index (χ3n) is 6.01. The first-order valence-electron chi connectivity index (χ1n) is 11.8. The SMILES string of the molecule is CCOc1ccccc1-c1ccc(S(=O)(=O)Nc2cc(N3CC(C)NC(C)C3)ccc2OC)cc1. The Morgan fingerprint density at radius 1 is 0.971 bits per heavy atom. The Hall–Kier alpha value is -3.23. The number of rotatable bonds is 8. The van der Waals surface area contributed by atoms with Crippen molar-refractivity contribution in [2.75, 3.05) is 36.4 Å². The molecule has 0 saturated carbocycles. The second-order valence-electron chi connectivity index (χ2n) is 8.82. The molecule has 0 aliphatic carbocycles. The minimum absolute atomic E-state index is 0.173. The molecular weight excluding hydrogens is 462 g/mol. The Labute approximate surface area is 208 Å². The van der Waals surface area contributed by atoms with Gasteiger partial charge in [-0.15, -0.1) is 0 Å². The predicted molar refractivity (Wildman–Crippen MR) is 141 cm³/mol. The minimum atomic E-state index is -3.83. The summed E-state index contributed by atoms with van der Waals surface area (Å²) in [5.41, 5.74) is 3.16. The van der Waals surface area contributed by atoms with Gasteiger partial charge >= 0.3 is 0 Å². The third kappa shape index (κ3) is 5.71. The van der Waals surface area contributed by atoms with Crippen LogP contribution in [0.5, 0.6) is 11.5 Å². The number of nitrogens with one attached hydrogen (secondary N) is 2. The van der Waals surface area contributed by atoms with Crippen LogP contribution in [0.3, 0.4) is 0 Å². The van der Waals surface area contributed by atoms with Crippen molar-refractivity contribution in [1.29, 1.82) is 0 Å². The van der Waals surface area contributed by atoms with Crippen LogP contribution in [0, 0.1) is 0 Å². The van der Waals surface area contributed by atoms with Gasteiger partial charge in [-0.3, -0.25) is 4.72 Å². The van der Waals surface area contributed by atoms with Crippen molar-refractivity contribution in [1.82, 2.24) is 5.32 Å². The first-order chi connectivity index (χ1) is 16.8. The summed E-state index contributed by atoms with van der Waals surface area (Å²) in [6.07, 6.45) is 0. The van der Waals surface area contributed by atoms with Gasteiger partial charge < -0.3 is 19.7 Å². The second-order valence-corrected chi connectivity index (χ2v) is 10.5. The Balaban J connectivity index is 1.59. The average Bonchev–Trinajstić information content (AvgIpc) is 2.84. The molecule has 3 aromatic rings. The summed E-state index contributed by atoms with van der Waals surface area (Å²) in [7, 11) is -2.29. The first kappa shape index (κ1) is 24.9. The zero-order valence-electron chi connectivity index (χ0n) is 20.6. The molecule has 1 heterocycles. The highest BCUT2D eigenvalue weighted by atomic mass is 32.2. The molecule has 0 amide bonds. The van der Waals surface area contributed by atoms with Crippen LogP contribution in [0.15, 0.2) is 71.6 Å². The Morgan fingerprint density at radius 2 is 1.66 bits per heavy atom. The molecule has 0 bridgehead atoms. The van der Waals surface area contributed by atoms with Crippen molar-refractivity contribution < 1.29 is 17.9 Å². The summed E-state index contributed by atoms with van der Waals surface area (Å²) in [6.45, 7) is 8.46. The molecule has 1 saturated heterocycles. The summed E-state index contributed by atoms with van der Waals surface area (Å²) in [4.78, 5) is 2.43. The summed E-state index contributed by atoms with van der Waals surface area (Å²) in [5, 5.41) is 3.52. The molecule has 4 rings (SSSR count). The van der Waals surface area contributed by atoms with Crippen LogP contribution in [0.1, 0.15) is 20.8 Å². The van der Waals surface area contributed by atoms with Crippen LogP contribution in [-0.4, -0.2) is 47.3 Å². The van der Waals surface area contributed by atoms with Crippen molar-refractivity contribution in [2.45, 2.75) is 37.8 Å². The number of nitrogens with zero attached hydrogens (tertiary/aromatic N) is 1. The molecule has 2 N–H and O–H groups in total. The molecule has 3 aromatic carbocycles. The third-order valence-corrected chi connectivity index (χ3v) is 7.39. The fourth-order valence-electron chi connectivity index (χ4n) is 4.51. The molecule has 7 nitrogen and oxygen atoms in total. The Kier molecular flexibility index (Phi) is 7.52. The van der Waals surface area contributed by atoms with E-state index in [1.807, 2.05) is 43.3 Å². The highest BCUT2D eigenvalue weighted by Crippen LogP contribution is 2.34. The van der Waals surface area contributed by atoms with Gasteiger partial charge in [-0.05, 0) is 62.7 Å². The van der Waals surface area contributed by atoms with E-state index in [2.05, 4.69) is 28.8 Å². The standard InChI is InChI=1S/C27H33N3O4S/c1-5-34-26-9-7-6-8-24(26)21-10-13-23(14-11-21)35(31,32)29-25-16-22(12-15-27(25)33-4)30-17-19(2)28-20(3)18-30/h6-16,19-20,28-29H,5,17-18H2,1-4H3. The molecule has 0 radical (unpaired) electrons. The topological polar surface area (TPSA) is 79.9 Å². The maximum atomic E-state index is 13.3. The van der Waals surface area contributed by atoms with Gasteiger partial charge in [0.15, 0.2) is 0 Å². The Morgan fingerprint density at radius 3 is 2.31 bits per heavy atom. The lowest BCUT2D eigenvalue weighted by Gasteiger charge is -2.38. The summed E-state index contributed by atoms with van der Waals surface area (Å²) in [5.74, 6) is 1.23. The number of anilines is 2. The molecule has 0 aromatic heterocycles. The van der Waals surface area contributed by atoms with Gasteiger partial charge in [0.2, 0.25) is 0 Å². The van der Waals surface area contributed by atoms with E-state index in [4.69, 9.17) is 9.47 Å². The first-order valence-corrected chi connectivity index (χ1v) is 13.3. The fraction of sp³-hybridized carbons (Fsp3) is 0.333. The fourth-order valence-corrected chi connectivity index (χ4v) is 5.58. The summed E-state index contributed by atoms with van der Waals surface area (Å²) in [6, 6.07) is 20.8. The predicted octanol–water partition coefficient (Wildman–Crippen LogP) is 4.75. The highest BCUT2D eigenvalue weighted by Gasteiger charge is 2.23. The van der Waals surface area contributed by atoms with Crippen LogP contribution >= 0.6 is 0 Å². The molecule has 2 atom stereocenters. The Bertz CT molecular complexity index is 1250. The van der Waals surface area contributed by atoms with E-state index in [1.165, 1.54) is 7.11 Å². The van der Waals surface area contributed by atoms with Crippen LogP contribution < -0.4 is 24.4 Å². The number of hydrogen-bond acceptors (Lipinski definition) is 6. The van der Waals surface area contributed by atoms with Gasteiger partial charge in [-0.1, -0.05) is 30.3 Å². The molecule has 186 valence electrons. The van der Waals surface area contributed by atoms with Crippen molar-refractivity contribution in [3.63, 3.8) is 0 Å². The smallest absolute Gasteiger partial charge is 0.262 e. The normalized spacial score (nSPS) is 18.2. The maximum absolute atomic E-state index is 13.3.